The van der Waals surface area contributed by atoms with Crippen molar-refractivity contribution in [3.63, 3.8) is 0 Å². The third-order valence-corrected chi connectivity index (χ3v) is 4.04. The second-order valence-electron chi connectivity index (χ2n) is 5.74. The molecule has 3 rings (SSSR count). The first kappa shape index (κ1) is 15.8. The highest BCUT2D eigenvalue weighted by Crippen LogP contribution is 2.21. The number of rotatable bonds is 5. The van der Waals surface area contributed by atoms with Gasteiger partial charge in [-0.1, -0.05) is 55.8 Å². The molecule has 0 aliphatic carbocycles. The van der Waals surface area contributed by atoms with Crippen LogP contribution in [0, 0.1) is 11.3 Å². The van der Waals surface area contributed by atoms with Gasteiger partial charge in [0, 0.05) is 28.2 Å². The molecule has 0 saturated heterocycles. The van der Waals surface area contributed by atoms with Crippen LogP contribution in [0.25, 0.3) is 17.0 Å². The number of aromatic amines is 1. The van der Waals surface area contributed by atoms with Crippen molar-refractivity contribution in [2.24, 2.45) is 0 Å². The van der Waals surface area contributed by atoms with Gasteiger partial charge in [-0.3, -0.25) is 4.79 Å². The summed E-state index contributed by atoms with van der Waals surface area (Å²) in [6.07, 6.45) is 5.53. The van der Waals surface area contributed by atoms with Gasteiger partial charge in [0.25, 0.3) is 0 Å². The normalized spacial score (nSPS) is 11.4. The van der Waals surface area contributed by atoms with Crippen molar-refractivity contribution in [2.75, 3.05) is 0 Å². The zero-order valence-corrected chi connectivity index (χ0v) is 13.5. The molecule has 0 bridgehead atoms. The quantitative estimate of drug-likeness (QED) is 0.413. The van der Waals surface area contributed by atoms with Crippen molar-refractivity contribution in [3.8, 4) is 6.07 Å². The van der Waals surface area contributed by atoms with Crippen molar-refractivity contribution in [1.82, 2.24) is 4.98 Å². The maximum absolute atomic E-state index is 12.6. The van der Waals surface area contributed by atoms with E-state index < -0.39 is 0 Å². The molecule has 1 heterocycles. The highest BCUT2D eigenvalue weighted by atomic mass is 16.1. The summed E-state index contributed by atoms with van der Waals surface area (Å²) in [5.74, 6) is -0.245. The van der Waals surface area contributed by atoms with Gasteiger partial charge < -0.3 is 4.98 Å². The summed E-state index contributed by atoms with van der Waals surface area (Å²) in [4.78, 5) is 15.8. The average Bonchev–Trinajstić information content (AvgIpc) is 3.03. The van der Waals surface area contributed by atoms with Crippen LogP contribution in [0.2, 0.25) is 0 Å². The summed E-state index contributed by atoms with van der Waals surface area (Å²) in [5, 5.41) is 10.4. The number of aromatic nitrogens is 1. The highest BCUT2D eigenvalue weighted by Gasteiger charge is 2.13. The zero-order valence-electron chi connectivity index (χ0n) is 13.5. The summed E-state index contributed by atoms with van der Waals surface area (Å²) in [6, 6.07) is 17.4. The number of carbonyl (C=O) groups excluding carboxylic acids is 1. The highest BCUT2D eigenvalue weighted by molar-refractivity contribution is 6.14. The molecule has 0 spiro atoms. The fourth-order valence-electron chi connectivity index (χ4n) is 2.78. The standard InChI is InChI=1S/C21H18N2O/c1-2-5-15-8-10-16(11-9-15)21(24)17(13-22)12-18-14-23-20-7-4-3-6-19(18)20/h3-4,6-12,14,23H,2,5H2,1H3/b17-12+. The number of ketones is 1. The van der Waals surface area contributed by atoms with E-state index >= 15 is 0 Å². The van der Waals surface area contributed by atoms with Gasteiger partial charge in [0.2, 0.25) is 5.78 Å². The molecule has 0 radical (unpaired) electrons. The Morgan fingerprint density at radius 3 is 2.62 bits per heavy atom. The van der Waals surface area contributed by atoms with Gasteiger partial charge in [-0.05, 0) is 24.1 Å². The first-order valence-electron chi connectivity index (χ1n) is 8.04. The first-order valence-corrected chi connectivity index (χ1v) is 8.04. The zero-order chi connectivity index (χ0) is 16.9. The fourth-order valence-corrected chi connectivity index (χ4v) is 2.78. The van der Waals surface area contributed by atoms with Crippen molar-refractivity contribution >= 4 is 22.8 Å². The lowest BCUT2D eigenvalue weighted by atomic mass is 10.00. The molecule has 0 atom stereocenters. The van der Waals surface area contributed by atoms with Crippen molar-refractivity contribution < 1.29 is 4.79 Å². The van der Waals surface area contributed by atoms with Crippen molar-refractivity contribution in [2.45, 2.75) is 19.8 Å². The molecule has 0 unspecified atom stereocenters. The van der Waals surface area contributed by atoms with Crippen molar-refractivity contribution in [3.05, 3.63) is 77.0 Å². The number of Topliss-reactive ketones (excluding diaryl/α,β-unsaturated/α-hetero) is 1. The number of hydrogen-bond donors (Lipinski definition) is 1. The van der Waals surface area contributed by atoms with E-state index in [4.69, 9.17) is 0 Å². The first-order chi connectivity index (χ1) is 11.7. The number of nitriles is 1. The van der Waals surface area contributed by atoms with E-state index in [9.17, 15) is 10.1 Å². The van der Waals surface area contributed by atoms with Gasteiger partial charge in [-0.25, -0.2) is 0 Å². The second-order valence-corrected chi connectivity index (χ2v) is 5.74. The van der Waals surface area contributed by atoms with Gasteiger partial charge in [-0.2, -0.15) is 5.26 Å². The van der Waals surface area contributed by atoms with Crippen LogP contribution in [0.15, 0.2) is 60.3 Å². The third-order valence-electron chi connectivity index (χ3n) is 4.04. The maximum Gasteiger partial charge on any atom is 0.203 e. The summed E-state index contributed by atoms with van der Waals surface area (Å²) in [7, 11) is 0. The number of para-hydroxylation sites is 1. The lowest BCUT2D eigenvalue weighted by molar-refractivity contribution is 0.104. The fraction of sp³-hybridized carbons (Fsp3) is 0.143. The van der Waals surface area contributed by atoms with Crippen LogP contribution >= 0.6 is 0 Å². The Labute approximate surface area is 141 Å². The Hall–Kier alpha value is -3.12. The van der Waals surface area contributed by atoms with Gasteiger partial charge in [0.05, 0.1) is 0 Å². The summed E-state index contributed by atoms with van der Waals surface area (Å²) >= 11 is 0. The number of aryl methyl sites for hydroxylation is 1. The van der Waals surface area contributed by atoms with Crippen LogP contribution in [-0.2, 0) is 6.42 Å². The molecule has 1 N–H and O–H groups in total. The topological polar surface area (TPSA) is 56.6 Å². The van der Waals surface area contributed by atoms with Gasteiger partial charge in [0.1, 0.15) is 11.6 Å². The molecule has 3 aromatic rings. The van der Waals surface area contributed by atoms with E-state index in [1.165, 1.54) is 5.56 Å². The Bertz CT molecular complexity index is 940. The number of fused-ring (bicyclic) bond motifs is 1. The number of nitrogens with zero attached hydrogens (tertiary/aromatic N) is 1. The minimum atomic E-state index is -0.245. The maximum atomic E-state index is 12.6. The lowest BCUT2D eigenvalue weighted by Gasteiger charge is -2.02. The summed E-state index contributed by atoms with van der Waals surface area (Å²) in [5.41, 5.74) is 3.72. The Balaban J connectivity index is 1.93. The minimum Gasteiger partial charge on any atom is -0.361 e. The van der Waals surface area contributed by atoms with E-state index in [-0.39, 0.29) is 11.4 Å². The summed E-state index contributed by atoms with van der Waals surface area (Å²) < 4.78 is 0. The third kappa shape index (κ3) is 3.13. The van der Waals surface area contributed by atoms with E-state index in [1.807, 2.05) is 48.7 Å². The number of carbonyl (C=O) groups is 1. The molecular weight excluding hydrogens is 296 g/mol. The molecule has 0 aliphatic rings. The van der Waals surface area contributed by atoms with Crippen LogP contribution in [0.4, 0.5) is 0 Å². The number of hydrogen-bond acceptors (Lipinski definition) is 2. The molecule has 1 aromatic heterocycles. The van der Waals surface area contributed by atoms with Crippen molar-refractivity contribution in [1.29, 1.82) is 5.26 Å². The lowest BCUT2D eigenvalue weighted by Crippen LogP contribution is -2.02. The molecule has 0 amide bonds. The Kier molecular flexibility index (Phi) is 4.58. The summed E-state index contributed by atoms with van der Waals surface area (Å²) in [6.45, 7) is 2.12. The molecule has 118 valence electrons. The molecule has 3 heteroatoms. The van der Waals surface area contributed by atoms with Gasteiger partial charge >= 0.3 is 0 Å². The molecular formula is C21H18N2O. The predicted octanol–water partition coefficient (Wildman–Crippen LogP) is 4.91. The monoisotopic (exact) mass is 314 g/mol. The molecule has 0 saturated carbocycles. The molecule has 24 heavy (non-hydrogen) atoms. The van der Waals surface area contributed by atoms with E-state index in [2.05, 4.69) is 11.9 Å². The molecule has 0 fully saturated rings. The van der Waals surface area contributed by atoms with E-state index in [0.717, 1.165) is 29.3 Å². The SMILES string of the molecule is CCCc1ccc(C(=O)/C(C#N)=C/c2c[nH]c3ccccc23)cc1. The van der Waals surface area contributed by atoms with Crippen LogP contribution in [0.1, 0.15) is 34.8 Å². The number of nitrogens with one attached hydrogen (secondary N) is 1. The molecule has 0 aliphatic heterocycles. The minimum absolute atomic E-state index is 0.142. The molecule has 3 nitrogen and oxygen atoms in total. The van der Waals surface area contributed by atoms with Crippen LogP contribution in [0.3, 0.4) is 0 Å². The number of benzene rings is 2. The average molecular weight is 314 g/mol. The second kappa shape index (κ2) is 6.97. The van der Waals surface area contributed by atoms with Gasteiger partial charge in [-0.15, -0.1) is 0 Å². The predicted molar refractivity (Wildman–Crippen MR) is 96.7 cm³/mol. The van der Waals surface area contributed by atoms with Crippen LogP contribution in [0.5, 0.6) is 0 Å². The number of allylic oxidation sites excluding steroid dienone is 1. The van der Waals surface area contributed by atoms with E-state index in [0.29, 0.717) is 5.56 Å². The Morgan fingerprint density at radius 2 is 1.92 bits per heavy atom. The Morgan fingerprint density at radius 1 is 1.17 bits per heavy atom. The van der Waals surface area contributed by atoms with Crippen LogP contribution in [-0.4, -0.2) is 10.8 Å². The van der Waals surface area contributed by atoms with Gasteiger partial charge in [0.15, 0.2) is 0 Å². The largest absolute Gasteiger partial charge is 0.361 e. The smallest absolute Gasteiger partial charge is 0.203 e. The molecule has 2 aromatic carbocycles. The number of H-pyrrole nitrogens is 1. The van der Waals surface area contributed by atoms with E-state index in [1.54, 1.807) is 18.2 Å². The van der Waals surface area contributed by atoms with Crippen LogP contribution < -0.4 is 0 Å².